The van der Waals surface area contributed by atoms with Crippen molar-refractivity contribution in [3.05, 3.63) is 32.7 Å². The van der Waals surface area contributed by atoms with E-state index < -0.39 is 14.6 Å². The maximum Gasteiger partial charge on any atom is 0.153 e. The number of sulfone groups is 1. The van der Waals surface area contributed by atoms with Crippen molar-refractivity contribution in [1.29, 1.82) is 0 Å². The van der Waals surface area contributed by atoms with Gasteiger partial charge in [-0.15, -0.1) is 0 Å². The summed E-state index contributed by atoms with van der Waals surface area (Å²) < 4.78 is 24.3. The van der Waals surface area contributed by atoms with Crippen LogP contribution >= 0.6 is 31.9 Å². The molecule has 0 amide bonds. The van der Waals surface area contributed by atoms with E-state index in [1.54, 1.807) is 13.8 Å². The highest BCUT2D eigenvalue weighted by Gasteiger charge is 2.29. The zero-order chi connectivity index (χ0) is 14.0. The van der Waals surface area contributed by atoms with Crippen LogP contribution in [-0.2, 0) is 16.4 Å². The van der Waals surface area contributed by atoms with Crippen LogP contribution in [0.25, 0.3) is 0 Å². The van der Waals surface area contributed by atoms with Crippen LogP contribution in [0.3, 0.4) is 0 Å². The molecule has 1 aromatic rings. The van der Waals surface area contributed by atoms with Crippen LogP contribution in [0.1, 0.15) is 19.4 Å². The van der Waals surface area contributed by atoms with Gasteiger partial charge in [0.05, 0.1) is 4.75 Å². The first-order valence-electron chi connectivity index (χ1n) is 5.48. The standard InChI is InChI=1S/C12H17Br2NO2S/c1-12(2,18(3,16)17)8-15-7-9-4-5-10(13)11(14)6-9/h4-6,15H,7-8H2,1-3H3. The second-order valence-electron chi connectivity index (χ2n) is 4.88. The van der Waals surface area contributed by atoms with E-state index in [1.165, 1.54) is 6.26 Å². The van der Waals surface area contributed by atoms with Gasteiger partial charge in [0.15, 0.2) is 9.84 Å². The van der Waals surface area contributed by atoms with Crippen molar-refractivity contribution < 1.29 is 8.42 Å². The lowest BCUT2D eigenvalue weighted by molar-refractivity contribution is 0.521. The molecule has 0 radical (unpaired) electrons. The third kappa shape index (κ3) is 4.33. The maximum atomic E-state index is 11.5. The van der Waals surface area contributed by atoms with Gasteiger partial charge in [0, 0.05) is 28.3 Å². The number of hydrogen-bond donors (Lipinski definition) is 1. The van der Waals surface area contributed by atoms with Crippen molar-refractivity contribution in [2.75, 3.05) is 12.8 Å². The molecule has 102 valence electrons. The van der Waals surface area contributed by atoms with Crippen molar-refractivity contribution in [3.8, 4) is 0 Å². The second-order valence-corrected chi connectivity index (χ2v) is 9.24. The quantitative estimate of drug-likeness (QED) is 0.828. The summed E-state index contributed by atoms with van der Waals surface area (Å²) >= 11 is 6.85. The zero-order valence-corrected chi connectivity index (χ0v) is 14.6. The highest BCUT2D eigenvalue weighted by Crippen LogP contribution is 2.23. The summed E-state index contributed by atoms with van der Waals surface area (Å²) in [7, 11) is -3.05. The van der Waals surface area contributed by atoms with Gasteiger partial charge in [-0.3, -0.25) is 0 Å². The molecule has 6 heteroatoms. The summed E-state index contributed by atoms with van der Waals surface area (Å²) in [5, 5.41) is 3.18. The smallest absolute Gasteiger partial charge is 0.153 e. The molecule has 0 unspecified atom stereocenters. The summed E-state index contributed by atoms with van der Waals surface area (Å²) in [5.74, 6) is 0. The second kappa shape index (κ2) is 6.03. The first-order chi connectivity index (χ1) is 8.13. The molecule has 0 saturated heterocycles. The normalized spacial score (nSPS) is 12.7. The van der Waals surface area contributed by atoms with Crippen molar-refractivity contribution >= 4 is 41.7 Å². The molecule has 0 aliphatic rings. The van der Waals surface area contributed by atoms with Gasteiger partial charge in [-0.1, -0.05) is 6.07 Å². The number of nitrogens with one attached hydrogen (secondary N) is 1. The van der Waals surface area contributed by atoms with Gasteiger partial charge in [-0.05, 0) is 63.4 Å². The minimum atomic E-state index is -3.05. The zero-order valence-electron chi connectivity index (χ0n) is 10.6. The largest absolute Gasteiger partial charge is 0.311 e. The van der Waals surface area contributed by atoms with Crippen molar-refractivity contribution in [1.82, 2.24) is 5.32 Å². The molecular weight excluding hydrogens is 382 g/mol. The molecule has 3 nitrogen and oxygen atoms in total. The van der Waals surface area contributed by atoms with Crippen molar-refractivity contribution in [2.24, 2.45) is 0 Å². The van der Waals surface area contributed by atoms with Gasteiger partial charge in [0.1, 0.15) is 0 Å². The summed E-state index contributed by atoms with van der Waals surface area (Å²) in [6, 6.07) is 5.96. The number of halogens is 2. The molecule has 0 aliphatic carbocycles. The first kappa shape index (κ1) is 16.1. The van der Waals surface area contributed by atoms with E-state index in [-0.39, 0.29) is 0 Å². The summed E-state index contributed by atoms with van der Waals surface area (Å²) in [4.78, 5) is 0. The average molecular weight is 399 g/mol. The monoisotopic (exact) mass is 397 g/mol. The molecule has 0 fully saturated rings. The molecule has 0 saturated carbocycles. The fraction of sp³-hybridized carbons (Fsp3) is 0.500. The van der Waals surface area contributed by atoms with Gasteiger partial charge in [0.25, 0.3) is 0 Å². The van der Waals surface area contributed by atoms with Gasteiger partial charge in [-0.2, -0.15) is 0 Å². The predicted octanol–water partition coefficient (Wildman–Crippen LogP) is 3.12. The highest BCUT2D eigenvalue weighted by molar-refractivity contribution is 9.13. The molecule has 0 atom stereocenters. The Morgan fingerprint density at radius 2 is 1.83 bits per heavy atom. The van der Waals surface area contributed by atoms with E-state index in [0.717, 1.165) is 14.5 Å². The van der Waals surface area contributed by atoms with E-state index in [9.17, 15) is 8.42 Å². The Bertz CT molecular complexity index is 527. The molecular formula is C12H17Br2NO2S. The van der Waals surface area contributed by atoms with Gasteiger partial charge in [0.2, 0.25) is 0 Å². The third-order valence-corrected chi connectivity index (χ3v) is 6.90. The van der Waals surface area contributed by atoms with E-state index in [4.69, 9.17) is 0 Å². The summed E-state index contributed by atoms with van der Waals surface area (Å²) in [6.07, 6.45) is 1.27. The van der Waals surface area contributed by atoms with Crippen LogP contribution in [-0.4, -0.2) is 26.0 Å². The van der Waals surface area contributed by atoms with Crippen LogP contribution < -0.4 is 5.32 Å². The van der Waals surface area contributed by atoms with Crippen LogP contribution in [0.15, 0.2) is 27.1 Å². The number of rotatable bonds is 5. The molecule has 0 aliphatic heterocycles. The molecule has 1 aromatic carbocycles. The average Bonchev–Trinajstić information content (AvgIpc) is 2.21. The van der Waals surface area contributed by atoms with Gasteiger partial charge < -0.3 is 5.32 Å². The lowest BCUT2D eigenvalue weighted by Crippen LogP contribution is -2.41. The fourth-order valence-electron chi connectivity index (χ4n) is 1.29. The van der Waals surface area contributed by atoms with Crippen LogP contribution in [0.2, 0.25) is 0 Å². The molecule has 18 heavy (non-hydrogen) atoms. The Kier molecular flexibility index (Phi) is 5.41. The van der Waals surface area contributed by atoms with Gasteiger partial charge in [-0.25, -0.2) is 8.42 Å². The molecule has 0 spiro atoms. The topological polar surface area (TPSA) is 46.2 Å². The maximum absolute atomic E-state index is 11.5. The number of hydrogen-bond acceptors (Lipinski definition) is 3. The Labute approximate surface area is 126 Å². The summed E-state index contributed by atoms with van der Waals surface area (Å²) in [5.41, 5.74) is 1.11. The molecule has 0 heterocycles. The van der Waals surface area contributed by atoms with E-state index >= 15 is 0 Å². The Morgan fingerprint density at radius 1 is 1.22 bits per heavy atom. The van der Waals surface area contributed by atoms with Crippen molar-refractivity contribution in [3.63, 3.8) is 0 Å². The van der Waals surface area contributed by atoms with Crippen LogP contribution in [0.4, 0.5) is 0 Å². The van der Waals surface area contributed by atoms with E-state index in [2.05, 4.69) is 37.2 Å². The lowest BCUT2D eigenvalue weighted by atomic mass is 10.2. The molecule has 1 N–H and O–H groups in total. The third-order valence-electron chi connectivity index (χ3n) is 2.87. The Hall–Kier alpha value is 0.0900. The molecule has 0 aromatic heterocycles. The van der Waals surface area contributed by atoms with Gasteiger partial charge >= 0.3 is 0 Å². The summed E-state index contributed by atoms with van der Waals surface area (Å²) in [6.45, 7) is 4.53. The SMILES string of the molecule is CC(C)(CNCc1ccc(Br)c(Br)c1)S(C)(=O)=O. The Balaban J connectivity index is 2.60. The van der Waals surface area contributed by atoms with E-state index in [1.807, 2.05) is 18.2 Å². The van der Waals surface area contributed by atoms with Crippen LogP contribution in [0, 0.1) is 0 Å². The lowest BCUT2D eigenvalue weighted by Gasteiger charge is -2.22. The molecule has 1 rings (SSSR count). The van der Waals surface area contributed by atoms with Crippen LogP contribution in [0.5, 0.6) is 0 Å². The predicted molar refractivity (Wildman–Crippen MR) is 82.5 cm³/mol. The fourth-order valence-corrected chi connectivity index (χ4v) is 2.33. The Morgan fingerprint density at radius 3 is 2.33 bits per heavy atom. The molecule has 0 bridgehead atoms. The minimum absolute atomic E-state index is 0.430. The van der Waals surface area contributed by atoms with E-state index in [0.29, 0.717) is 13.1 Å². The minimum Gasteiger partial charge on any atom is -0.311 e. The first-order valence-corrected chi connectivity index (χ1v) is 8.95. The van der Waals surface area contributed by atoms with Crippen molar-refractivity contribution in [2.45, 2.75) is 25.1 Å². The number of benzene rings is 1. The highest BCUT2D eigenvalue weighted by atomic mass is 79.9.